The Kier molecular flexibility index (Phi) is 5.39. The largest absolute Gasteiger partial charge is 0.302 e. The molecular weight excluding hydrogens is 358 g/mol. The average Bonchev–Trinajstić information content (AvgIpc) is 3.21. The van der Waals surface area contributed by atoms with Crippen LogP contribution >= 0.6 is 23.1 Å². The van der Waals surface area contributed by atoms with Crippen molar-refractivity contribution < 1.29 is 4.79 Å². The third-order valence-corrected chi connectivity index (χ3v) is 5.21. The third-order valence-electron chi connectivity index (χ3n) is 3.38. The second kappa shape index (κ2) is 7.70. The molecule has 0 radical (unpaired) electrons. The summed E-state index contributed by atoms with van der Waals surface area (Å²) in [5.74, 6) is 0.622. The minimum atomic E-state index is -0.344. The van der Waals surface area contributed by atoms with E-state index in [4.69, 9.17) is 0 Å². The van der Waals surface area contributed by atoms with Crippen molar-refractivity contribution in [2.24, 2.45) is 0 Å². The van der Waals surface area contributed by atoms with Gasteiger partial charge in [-0.2, -0.15) is 0 Å². The second-order valence-electron chi connectivity index (χ2n) is 5.16. The number of aromatic nitrogens is 6. The third kappa shape index (κ3) is 4.02. The Morgan fingerprint density at radius 1 is 1.28 bits per heavy atom. The number of nitrogens with one attached hydrogen (secondary N) is 1. The van der Waals surface area contributed by atoms with E-state index in [-0.39, 0.29) is 11.2 Å². The van der Waals surface area contributed by atoms with Gasteiger partial charge in [0, 0.05) is 24.5 Å². The molecule has 3 rings (SSSR count). The number of hydrogen-bond donors (Lipinski definition) is 1. The van der Waals surface area contributed by atoms with Crippen LogP contribution in [0.2, 0.25) is 0 Å². The van der Waals surface area contributed by atoms with E-state index in [2.05, 4.69) is 30.7 Å². The Bertz CT molecular complexity index is 862. The topological polar surface area (TPSA) is 98.5 Å². The van der Waals surface area contributed by atoms with Crippen LogP contribution in [0, 0.1) is 6.92 Å². The summed E-state index contributed by atoms with van der Waals surface area (Å²) >= 11 is 2.71. The van der Waals surface area contributed by atoms with Gasteiger partial charge >= 0.3 is 0 Å². The summed E-state index contributed by atoms with van der Waals surface area (Å²) < 4.78 is 1.98. The van der Waals surface area contributed by atoms with E-state index in [1.807, 2.05) is 37.5 Å². The highest BCUT2D eigenvalue weighted by Crippen LogP contribution is 2.27. The molecule has 0 fully saturated rings. The van der Waals surface area contributed by atoms with Crippen LogP contribution in [-0.4, -0.2) is 41.1 Å². The zero-order chi connectivity index (χ0) is 17.8. The van der Waals surface area contributed by atoms with Gasteiger partial charge < -0.3 is 4.57 Å². The van der Waals surface area contributed by atoms with E-state index >= 15 is 0 Å². The molecule has 8 nitrogen and oxygen atoms in total. The minimum absolute atomic E-state index is 0.141. The first-order valence-corrected chi connectivity index (χ1v) is 9.39. The average molecular weight is 375 g/mol. The molecule has 0 aromatic carbocycles. The molecular formula is C15H17N7OS2. The molecule has 3 heterocycles. The molecule has 1 amide bonds. The van der Waals surface area contributed by atoms with Gasteiger partial charge in [-0.1, -0.05) is 23.1 Å². The number of aryl methyl sites for hydroxylation is 1. The summed E-state index contributed by atoms with van der Waals surface area (Å²) in [7, 11) is 0. The van der Waals surface area contributed by atoms with Crippen molar-refractivity contribution >= 4 is 34.1 Å². The smallest absolute Gasteiger partial charge is 0.239 e. The van der Waals surface area contributed by atoms with Gasteiger partial charge in [0.05, 0.1) is 5.25 Å². The number of nitrogens with zero attached hydrogens (tertiary/aromatic N) is 6. The van der Waals surface area contributed by atoms with Crippen molar-refractivity contribution in [2.75, 3.05) is 5.32 Å². The molecule has 0 spiro atoms. The number of hydrogen-bond acceptors (Lipinski definition) is 8. The summed E-state index contributed by atoms with van der Waals surface area (Å²) in [5, 5.41) is 20.8. The fraction of sp³-hybridized carbons (Fsp3) is 0.333. The highest BCUT2D eigenvalue weighted by Gasteiger charge is 2.21. The highest BCUT2D eigenvalue weighted by molar-refractivity contribution is 8.00. The van der Waals surface area contributed by atoms with Crippen molar-refractivity contribution in [2.45, 2.75) is 37.7 Å². The van der Waals surface area contributed by atoms with Crippen LogP contribution in [-0.2, 0) is 11.3 Å². The van der Waals surface area contributed by atoms with Gasteiger partial charge in [-0.25, -0.2) is 0 Å². The number of amides is 1. The van der Waals surface area contributed by atoms with Crippen LogP contribution in [0.15, 0.2) is 29.7 Å². The second-order valence-corrected chi connectivity index (χ2v) is 7.65. The maximum Gasteiger partial charge on any atom is 0.239 e. The van der Waals surface area contributed by atoms with Gasteiger partial charge in [0.15, 0.2) is 11.0 Å². The monoisotopic (exact) mass is 375 g/mol. The van der Waals surface area contributed by atoms with Gasteiger partial charge in [-0.3, -0.25) is 15.1 Å². The Morgan fingerprint density at radius 2 is 2.04 bits per heavy atom. The van der Waals surface area contributed by atoms with E-state index in [0.29, 0.717) is 16.8 Å². The predicted octanol–water partition coefficient (Wildman–Crippen LogP) is 2.64. The van der Waals surface area contributed by atoms with Gasteiger partial charge in [-0.05, 0) is 32.9 Å². The Labute approximate surface area is 153 Å². The van der Waals surface area contributed by atoms with E-state index in [1.54, 1.807) is 12.4 Å². The molecule has 0 saturated heterocycles. The maximum absolute atomic E-state index is 12.3. The molecule has 0 aliphatic heterocycles. The van der Waals surface area contributed by atoms with Crippen molar-refractivity contribution in [1.29, 1.82) is 0 Å². The zero-order valence-electron chi connectivity index (χ0n) is 14.0. The summed E-state index contributed by atoms with van der Waals surface area (Å²) in [5.41, 5.74) is 0.942. The molecule has 1 N–H and O–H groups in total. The number of pyridine rings is 1. The van der Waals surface area contributed by atoms with Gasteiger partial charge in [-0.15, -0.1) is 20.4 Å². The number of carbonyl (C=O) groups is 1. The molecule has 0 unspecified atom stereocenters. The summed E-state index contributed by atoms with van der Waals surface area (Å²) in [6.07, 6.45) is 3.44. The fourth-order valence-corrected chi connectivity index (χ4v) is 3.65. The number of carbonyl (C=O) groups excluding carboxylic acids is 1. The SMILES string of the molecule is CCn1c(S[C@@H](C)C(=O)Nc2nnc(C)s2)nnc1-c1ccncc1. The van der Waals surface area contributed by atoms with Crippen molar-refractivity contribution in [3.05, 3.63) is 29.5 Å². The first-order chi connectivity index (χ1) is 12.1. The van der Waals surface area contributed by atoms with Crippen molar-refractivity contribution in [1.82, 2.24) is 29.9 Å². The van der Waals surface area contributed by atoms with Crippen LogP contribution in [0.4, 0.5) is 5.13 Å². The molecule has 0 saturated carbocycles. The lowest BCUT2D eigenvalue weighted by Crippen LogP contribution is -2.22. The fourth-order valence-electron chi connectivity index (χ4n) is 2.14. The molecule has 0 aliphatic rings. The first kappa shape index (κ1) is 17.5. The van der Waals surface area contributed by atoms with Gasteiger partial charge in [0.25, 0.3) is 0 Å². The van der Waals surface area contributed by atoms with Gasteiger partial charge in [0.1, 0.15) is 5.01 Å². The van der Waals surface area contributed by atoms with E-state index in [0.717, 1.165) is 16.4 Å². The lowest BCUT2D eigenvalue weighted by atomic mass is 10.2. The normalized spacial score (nSPS) is 12.1. The highest BCUT2D eigenvalue weighted by atomic mass is 32.2. The van der Waals surface area contributed by atoms with Crippen LogP contribution in [0.1, 0.15) is 18.9 Å². The number of anilines is 1. The lowest BCUT2D eigenvalue weighted by Gasteiger charge is -2.11. The molecule has 130 valence electrons. The molecule has 10 heteroatoms. The lowest BCUT2D eigenvalue weighted by molar-refractivity contribution is -0.115. The Hall–Kier alpha value is -2.33. The number of thioether (sulfide) groups is 1. The van der Waals surface area contributed by atoms with Crippen LogP contribution < -0.4 is 5.32 Å². The number of rotatable bonds is 6. The van der Waals surface area contributed by atoms with Crippen LogP contribution in [0.3, 0.4) is 0 Å². The van der Waals surface area contributed by atoms with E-state index in [1.165, 1.54) is 23.1 Å². The van der Waals surface area contributed by atoms with Crippen LogP contribution in [0.5, 0.6) is 0 Å². The summed E-state index contributed by atoms with van der Waals surface area (Å²) in [6.45, 7) is 6.40. The summed E-state index contributed by atoms with van der Waals surface area (Å²) in [6, 6.07) is 3.77. The molecule has 3 aromatic rings. The maximum atomic E-state index is 12.3. The van der Waals surface area contributed by atoms with Gasteiger partial charge in [0.2, 0.25) is 11.0 Å². The summed E-state index contributed by atoms with van der Waals surface area (Å²) in [4.78, 5) is 16.4. The minimum Gasteiger partial charge on any atom is -0.302 e. The van der Waals surface area contributed by atoms with Crippen molar-refractivity contribution in [3.8, 4) is 11.4 Å². The van der Waals surface area contributed by atoms with E-state index < -0.39 is 0 Å². The molecule has 0 aliphatic carbocycles. The Morgan fingerprint density at radius 3 is 2.68 bits per heavy atom. The Balaban J connectivity index is 1.74. The molecule has 25 heavy (non-hydrogen) atoms. The quantitative estimate of drug-likeness (QED) is 0.661. The standard InChI is InChI=1S/C15H17N7OS2/c1-4-22-12(11-5-7-16-8-6-11)19-21-15(22)24-9(2)13(23)17-14-20-18-10(3)25-14/h5-9H,4H2,1-3H3,(H,17,20,23)/t9-/m0/s1. The van der Waals surface area contributed by atoms with E-state index in [9.17, 15) is 4.79 Å². The molecule has 1 atom stereocenters. The van der Waals surface area contributed by atoms with Crippen LogP contribution in [0.25, 0.3) is 11.4 Å². The molecule has 0 bridgehead atoms. The zero-order valence-corrected chi connectivity index (χ0v) is 15.6. The predicted molar refractivity (Wildman–Crippen MR) is 97.5 cm³/mol. The van der Waals surface area contributed by atoms with Crippen molar-refractivity contribution in [3.63, 3.8) is 0 Å². The molecule has 3 aromatic heterocycles. The first-order valence-electron chi connectivity index (χ1n) is 7.69.